The molecule has 0 amide bonds. The lowest BCUT2D eigenvalue weighted by Gasteiger charge is -2.16. The Morgan fingerprint density at radius 1 is 1.17 bits per heavy atom. The van der Waals surface area contributed by atoms with E-state index in [1.807, 2.05) is 12.1 Å². The third-order valence-corrected chi connectivity index (χ3v) is 4.54. The standard InChI is InChI=1S/C19H26O5/c1-2-3-4-5-11-21-15-8-6-14(7-9-15)19(20)24-17-13-23-16-10-12-22-18(16)17/h6-9,16-18H,2-5,10-13H2,1H3/t16-,17-,18+/m1/s1. The van der Waals surface area contributed by atoms with Gasteiger partial charge in [0.2, 0.25) is 0 Å². The topological polar surface area (TPSA) is 54.0 Å². The van der Waals surface area contributed by atoms with Gasteiger partial charge in [0, 0.05) is 6.61 Å². The highest BCUT2D eigenvalue weighted by Crippen LogP contribution is 2.29. The molecule has 132 valence electrons. The van der Waals surface area contributed by atoms with E-state index in [0.717, 1.165) is 18.6 Å². The van der Waals surface area contributed by atoms with Gasteiger partial charge in [-0.3, -0.25) is 0 Å². The SMILES string of the molecule is CCCCCCOc1ccc(C(=O)O[C@@H]2CO[C@@H]3CCO[C@@H]32)cc1. The molecule has 24 heavy (non-hydrogen) atoms. The molecular formula is C19H26O5. The summed E-state index contributed by atoms with van der Waals surface area (Å²) in [5.41, 5.74) is 0.523. The molecule has 2 saturated heterocycles. The molecule has 2 fully saturated rings. The quantitative estimate of drug-likeness (QED) is 0.539. The number of ether oxygens (including phenoxy) is 4. The maximum atomic E-state index is 12.3. The highest BCUT2D eigenvalue weighted by Gasteiger charge is 2.44. The molecule has 0 aliphatic carbocycles. The summed E-state index contributed by atoms with van der Waals surface area (Å²) in [6.07, 6.45) is 5.24. The molecule has 5 nitrogen and oxygen atoms in total. The van der Waals surface area contributed by atoms with Crippen LogP contribution in [0.1, 0.15) is 49.4 Å². The number of rotatable bonds is 8. The van der Waals surface area contributed by atoms with Gasteiger partial charge in [-0.05, 0) is 37.1 Å². The van der Waals surface area contributed by atoms with Crippen molar-refractivity contribution in [1.82, 2.24) is 0 Å². The van der Waals surface area contributed by atoms with Gasteiger partial charge in [0.15, 0.2) is 6.10 Å². The Bertz CT molecular complexity index is 527. The predicted octanol–water partition coefficient (Wildman–Crippen LogP) is 3.36. The van der Waals surface area contributed by atoms with Crippen molar-refractivity contribution in [3.8, 4) is 5.75 Å². The molecule has 2 aliphatic rings. The summed E-state index contributed by atoms with van der Waals surface area (Å²) in [7, 11) is 0. The van der Waals surface area contributed by atoms with Gasteiger partial charge in [0.05, 0.1) is 24.9 Å². The molecule has 3 atom stereocenters. The third kappa shape index (κ3) is 4.28. The lowest BCUT2D eigenvalue weighted by Crippen LogP contribution is -2.32. The van der Waals surface area contributed by atoms with Crippen molar-refractivity contribution in [2.75, 3.05) is 19.8 Å². The largest absolute Gasteiger partial charge is 0.494 e. The third-order valence-electron chi connectivity index (χ3n) is 4.54. The minimum atomic E-state index is -0.339. The van der Waals surface area contributed by atoms with E-state index >= 15 is 0 Å². The van der Waals surface area contributed by atoms with E-state index in [4.69, 9.17) is 18.9 Å². The minimum Gasteiger partial charge on any atom is -0.494 e. The first-order chi connectivity index (χ1) is 11.8. The van der Waals surface area contributed by atoms with Gasteiger partial charge in [-0.25, -0.2) is 4.79 Å². The number of carbonyl (C=O) groups is 1. The van der Waals surface area contributed by atoms with E-state index in [-0.39, 0.29) is 24.3 Å². The van der Waals surface area contributed by atoms with Crippen LogP contribution in [-0.2, 0) is 14.2 Å². The first-order valence-electron chi connectivity index (χ1n) is 8.95. The number of carbonyl (C=O) groups excluding carboxylic acids is 1. The fourth-order valence-corrected chi connectivity index (χ4v) is 3.14. The van der Waals surface area contributed by atoms with Crippen molar-refractivity contribution in [3.63, 3.8) is 0 Å². The van der Waals surface area contributed by atoms with Crippen LogP contribution in [0, 0.1) is 0 Å². The van der Waals surface area contributed by atoms with Crippen LogP contribution in [0.25, 0.3) is 0 Å². The second kappa shape index (κ2) is 8.49. The van der Waals surface area contributed by atoms with Crippen LogP contribution >= 0.6 is 0 Å². The van der Waals surface area contributed by atoms with Crippen LogP contribution in [-0.4, -0.2) is 44.1 Å². The summed E-state index contributed by atoms with van der Waals surface area (Å²) in [6.45, 7) is 3.99. The zero-order chi connectivity index (χ0) is 16.8. The van der Waals surface area contributed by atoms with Crippen LogP contribution in [0.4, 0.5) is 0 Å². The number of esters is 1. The molecule has 0 saturated carbocycles. The fourth-order valence-electron chi connectivity index (χ4n) is 3.14. The number of hydrogen-bond acceptors (Lipinski definition) is 5. The molecule has 0 N–H and O–H groups in total. The summed E-state index contributed by atoms with van der Waals surface area (Å²) < 4.78 is 22.4. The summed E-state index contributed by atoms with van der Waals surface area (Å²) in [5, 5.41) is 0. The normalized spacial score (nSPS) is 25.5. The van der Waals surface area contributed by atoms with Crippen LogP contribution in [0.2, 0.25) is 0 Å². The van der Waals surface area contributed by atoms with E-state index in [0.29, 0.717) is 25.4 Å². The van der Waals surface area contributed by atoms with E-state index in [9.17, 15) is 4.79 Å². The van der Waals surface area contributed by atoms with Gasteiger partial charge in [-0.1, -0.05) is 26.2 Å². The van der Waals surface area contributed by atoms with Gasteiger partial charge >= 0.3 is 5.97 Å². The average Bonchev–Trinajstić information content (AvgIpc) is 3.20. The molecule has 0 bridgehead atoms. The Balaban J connectivity index is 1.45. The van der Waals surface area contributed by atoms with Crippen molar-refractivity contribution in [2.24, 2.45) is 0 Å². The maximum Gasteiger partial charge on any atom is 0.338 e. The van der Waals surface area contributed by atoms with E-state index in [2.05, 4.69) is 6.92 Å². The molecule has 2 heterocycles. The monoisotopic (exact) mass is 334 g/mol. The Labute approximate surface area is 143 Å². The average molecular weight is 334 g/mol. The summed E-state index contributed by atoms with van der Waals surface area (Å²) in [4.78, 5) is 12.3. The van der Waals surface area contributed by atoms with Gasteiger partial charge in [-0.2, -0.15) is 0 Å². The highest BCUT2D eigenvalue weighted by molar-refractivity contribution is 5.89. The van der Waals surface area contributed by atoms with Crippen LogP contribution in [0.3, 0.4) is 0 Å². The highest BCUT2D eigenvalue weighted by atomic mass is 16.6. The Morgan fingerprint density at radius 2 is 2.00 bits per heavy atom. The summed E-state index contributed by atoms with van der Waals surface area (Å²) in [6, 6.07) is 7.12. The first kappa shape index (κ1) is 17.2. The summed E-state index contributed by atoms with van der Waals surface area (Å²) >= 11 is 0. The number of benzene rings is 1. The van der Waals surface area contributed by atoms with Crippen molar-refractivity contribution in [3.05, 3.63) is 29.8 Å². The molecule has 1 aromatic rings. The fraction of sp³-hybridized carbons (Fsp3) is 0.632. The molecule has 5 heteroatoms. The molecule has 0 spiro atoms. The molecule has 0 unspecified atom stereocenters. The molecule has 1 aromatic carbocycles. The van der Waals surface area contributed by atoms with Crippen molar-refractivity contribution >= 4 is 5.97 Å². The maximum absolute atomic E-state index is 12.3. The van der Waals surface area contributed by atoms with Crippen molar-refractivity contribution in [2.45, 2.75) is 57.3 Å². The van der Waals surface area contributed by atoms with Crippen LogP contribution in [0.5, 0.6) is 5.75 Å². The van der Waals surface area contributed by atoms with Gasteiger partial charge in [0.25, 0.3) is 0 Å². The first-order valence-corrected chi connectivity index (χ1v) is 8.95. The van der Waals surface area contributed by atoms with Gasteiger partial charge in [0.1, 0.15) is 11.9 Å². The van der Waals surface area contributed by atoms with Crippen molar-refractivity contribution < 1.29 is 23.7 Å². The molecule has 0 aromatic heterocycles. The lowest BCUT2D eigenvalue weighted by atomic mass is 10.1. The van der Waals surface area contributed by atoms with Crippen LogP contribution < -0.4 is 4.74 Å². The zero-order valence-electron chi connectivity index (χ0n) is 14.2. The van der Waals surface area contributed by atoms with Crippen molar-refractivity contribution in [1.29, 1.82) is 0 Å². The number of fused-ring (bicyclic) bond motifs is 1. The smallest absolute Gasteiger partial charge is 0.338 e. The van der Waals surface area contributed by atoms with E-state index in [1.54, 1.807) is 12.1 Å². The molecule has 2 aliphatic heterocycles. The minimum absolute atomic E-state index is 0.0753. The van der Waals surface area contributed by atoms with E-state index in [1.165, 1.54) is 19.3 Å². The Morgan fingerprint density at radius 3 is 2.79 bits per heavy atom. The van der Waals surface area contributed by atoms with Gasteiger partial charge < -0.3 is 18.9 Å². The molecular weight excluding hydrogens is 308 g/mol. The summed E-state index contributed by atoms with van der Waals surface area (Å²) in [5.74, 6) is 0.445. The number of unbranched alkanes of at least 4 members (excludes halogenated alkanes) is 3. The van der Waals surface area contributed by atoms with Gasteiger partial charge in [-0.15, -0.1) is 0 Å². The molecule has 0 radical (unpaired) electrons. The second-order valence-electron chi connectivity index (χ2n) is 6.37. The Kier molecular flexibility index (Phi) is 6.10. The van der Waals surface area contributed by atoms with Crippen LogP contribution in [0.15, 0.2) is 24.3 Å². The zero-order valence-corrected chi connectivity index (χ0v) is 14.2. The predicted molar refractivity (Wildman–Crippen MR) is 89.4 cm³/mol. The Hall–Kier alpha value is -1.59. The van der Waals surface area contributed by atoms with E-state index < -0.39 is 0 Å². The molecule has 3 rings (SSSR count). The number of hydrogen-bond donors (Lipinski definition) is 0. The second-order valence-corrected chi connectivity index (χ2v) is 6.37. The lowest BCUT2D eigenvalue weighted by molar-refractivity contribution is -0.0148.